The Bertz CT molecular complexity index is 725. The molecule has 0 aliphatic carbocycles. The number of hydrogen-bond acceptors (Lipinski definition) is 5. The summed E-state index contributed by atoms with van der Waals surface area (Å²) in [5.74, 6) is -0.591. The predicted molar refractivity (Wildman–Crippen MR) is 91.6 cm³/mol. The quantitative estimate of drug-likeness (QED) is 0.783. The number of ether oxygens (including phenoxy) is 1. The van der Waals surface area contributed by atoms with E-state index in [1.807, 2.05) is 0 Å². The van der Waals surface area contributed by atoms with Gasteiger partial charge in [0.2, 0.25) is 15.9 Å². The molecule has 0 bridgehead atoms. The lowest BCUT2D eigenvalue weighted by Gasteiger charge is -2.29. The van der Waals surface area contributed by atoms with Crippen molar-refractivity contribution in [3.05, 3.63) is 29.8 Å². The maximum absolute atomic E-state index is 12.3. The van der Waals surface area contributed by atoms with Crippen LogP contribution in [0.25, 0.3) is 0 Å². The van der Waals surface area contributed by atoms with Crippen LogP contribution in [0.15, 0.2) is 29.2 Å². The molecular formula is C16H23N3O5S. The summed E-state index contributed by atoms with van der Waals surface area (Å²) in [4.78, 5) is 26.3. The molecule has 0 unspecified atom stereocenters. The number of hydrogen-bond donors (Lipinski definition) is 1. The number of amides is 2. The molecule has 0 aromatic heterocycles. The van der Waals surface area contributed by atoms with Crippen molar-refractivity contribution in [2.45, 2.75) is 17.9 Å². The highest BCUT2D eigenvalue weighted by Crippen LogP contribution is 2.14. The lowest BCUT2D eigenvalue weighted by Crippen LogP contribution is -2.50. The van der Waals surface area contributed by atoms with Gasteiger partial charge in [0.05, 0.1) is 18.1 Å². The summed E-state index contributed by atoms with van der Waals surface area (Å²) >= 11 is 0. The highest BCUT2D eigenvalue weighted by Gasteiger charge is 2.24. The molecule has 0 spiro atoms. The van der Waals surface area contributed by atoms with Crippen molar-refractivity contribution < 1.29 is 22.7 Å². The number of nitrogens with one attached hydrogen (secondary N) is 1. The molecule has 1 aliphatic heterocycles. The Morgan fingerprint density at radius 3 is 2.24 bits per heavy atom. The summed E-state index contributed by atoms with van der Waals surface area (Å²) in [6.45, 7) is 3.63. The average Bonchev–Trinajstić information content (AvgIpc) is 2.61. The van der Waals surface area contributed by atoms with Crippen LogP contribution in [-0.2, 0) is 19.6 Å². The first kappa shape index (κ1) is 19.4. The first-order chi connectivity index (χ1) is 11.7. The Labute approximate surface area is 147 Å². The Morgan fingerprint density at radius 2 is 1.72 bits per heavy atom. The van der Waals surface area contributed by atoms with Crippen LogP contribution in [0, 0.1) is 0 Å². The van der Waals surface area contributed by atoms with Crippen LogP contribution in [-0.4, -0.2) is 75.9 Å². The number of morpholine rings is 1. The van der Waals surface area contributed by atoms with Crippen LogP contribution >= 0.6 is 0 Å². The summed E-state index contributed by atoms with van der Waals surface area (Å²) in [6.07, 6.45) is 0. The minimum Gasteiger partial charge on any atom is -0.378 e. The summed E-state index contributed by atoms with van der Waals surface area (Å²) in [6, 6.07) is 4.93. The lowest BCUT2D eigenvalue weighted by molar-refractivity contribution is -0.136. The van der Waals surface area contributed by atoms with Gasteiger partial charge in [-0.1, -0.05) is 0 Å². The van der Waals surface area contributed by atoms with E-state index in [2.05, 4.69) is 5.32 Å². The minimum atomic E-state index is -3.54. The van der Waals surface area contributed by atoms with E-state index in [-0.39, 0.29) is 10.8 Å². The number of benzene rings is 1. The third-order valence-electron chi connectivity index (χ3n) is 3.94. The zero-order valence-corrected chi connectivity index (χ0v) is 15.4. The predicted octanol–water partition coefficient (Wildman–Crippen LogP) is -0.0860. The molecule has 2 rings (SSSR count). The highest BCUT2D eigenvalue weighted by molar-refractivity contribution is 7.89. The average molecular weight is 369 g/mol. The summed E-state index contributed by atoms with van der Waals surface area (Å²) in [5.41, 5.74) is 0.291. The molecule has 25 heavy (non-hydrogen) atoms. The van der Waals surface area contributed by atoms with Crippen molar-refractivity contribution in [3.8, 4) is 0 Å². The zero-order valence-electron chi connectivity index (χ0n) is 14.6. The molecule has 1 aliphatic rings. The molecule has 1 aromatic rings. The van der Waals surface area contributed by atoms with Gasteiger partial charge in [-0.05, 0) is 31.2 Å². The molecule has 1 fully saturated rings. The van der Waals surface area contributed by atoms with E-state index in [1.54, 1.807) is 11.8 Å². The van der Waals surface area contributed by atoms with Gasteiger partial charge in [-0.15, -0.1) is 0 Å². The van der Waals surface area contributed by atoms with Gasteiger partial charge in [-0.3, -0.25) is 9.59 Å². The van der Waals surface area contributed by atoms with E-state index < -0.39 is 22.0 Å². The second-order valence-electron chi connectivity index (χ2n) is 5.94. The lowest BCUT2D eigenvalue weighted by atomic mass is 10.2. The van der Waals surface area contributed by atoms with Crippen molar-refractivity contribution in [1.82, 2.24) is 14.5 Å². The smallest absolute Gasteiger partial charge is 0.251 e. The third kappa shape index (κ3) is 4.56. The summed E-state index contributed by atoms with van der Waals surface area (Å²) in [7, 11) is -0.663. The molecule has 1 N–H and O–H groups in total. The molecule has 8 nitrogen and oxygen atoms in total. The van der Waals surface area contributed by atoms with Crippen molar-refractivity contribution in [2.24, 2.45) is 0 Å². The van der Waals surface area contributed by atoms with Crippen LogP contribution in [0.5, 0.6) is 0 Å². The van der Waals surface area contributed by atoms with E-state index in [9.17, 15) is 18.0 Å². The first-order valence-electron chi connectivity index (χ1n) is 7.93. The van der Waals surface area contributed by atoms with Crippen molar-refractivity contribution in [3.63, 3.8) is 0 Å². The largest absolute Gasteiger partial charge is 0.378 e. The van der Waals surface area contributed by atoms with E-state index >= 15 is 0 Å². The number of sulfonamides is 1. The van der Waals surface area contributed by atoms with Crippen molar-refractivity contribution >= 4 is 21.8 Å². The normalized spacial score (nSPS) is 16.6. The van der Waals surface area contributed by atoms with Gasteiger partial charge in [0.1, 0.15) is 6.04 Å². The van der Waals surface area contributed by atoms with Gasteiger partial charge in [0.15, 0.2) is 0 Å². The summed E-state index contributed by atoms with van der Waals surface area (Å²) in [5, 5.41) is 2.64. The maximum atomic E-state index is 12.3. The van der Waals surface area contributed by atoms with Crippen LogP contribution in [0.4, 0.5) is 0 Å². The SMILES string of the molecule is C[C@H](NC(=O)c1ccc(S(=O)(=O)N(C)C)cc1)C(=O)N1CCOCC1. The topological polar surface area (TPSA) is 96.0 Å². The van der Waals surface area contributed by atoms with Gasteiger partial charge in [-0.25, -0.2) is 12.7 Å². The van der Waals surface area contributed by atoms with Gasteiger partial charge in [0, 0.05) is 32.7 Å². The number of carbonyl (C=O) groups excluding carboxylic acids is 2. The molecule has 1 aromatic carbocycles. The molecule has 1 atom stereocenters. The molecular weight excluding hydrogens is 346 g/mol. The van der Waals surface area contributed by atoms with Crippen molar-refractivity contribution in [1.29, 1.82) is 0 Å². The Morgan fingerprint density at radius 1 is 1.16 bits per heavy atom. The van der Waals surface area contributed by atoms with Crippen molar-refractivity contribution in [2.75, 3.05) is 40.4 Å². The maximum Gasteiger partial charge on any atom is 0.251 e. The molecule has 1 saturated heterocycles. The molecule has 2 amide bonds. The fourth-order valence-corrected chi connectivity index (χ4v) is 3.29. The van der Waals surface area contributed by atoms with Crippen LogP contribution in [0.3, 0.4) is 0 Å². The third-order valence-corrected chi connectivity index (χ3v) is 5.77. The van der Waals surface area contributed by atoms with E-state index in [1.165, 1.54) is 38.4 Å². The van der Waals surface area contributed by atoms with Gasteiger partial charge in [0.25, 0.3) is 5.91 Å². The highest BCUT2D eigenvalue weighted by atomic mass is 32.2. The van der Waals surface area contributed by atoms with E-state index in [0.717, 1.165) is 4.31 Å². The fraction of sp³-hybridized carbons (Fsp3) is 0.500. The van der Waals surface area contributed by atoms with E-state index in [0.29, 0.717) is 31.9 Å². The Balaban J connectivity index is 2.02. The minimum absolute atomic E-state index is 0.103. The van der Waals surface area contributed by atoms with Crippen LogP contribution < -0.4 is 5.32 Å². The Kier molecular flexibility index (Phi) is 6.15. The number of nitrogens with zero attached hydrogens (tertiary/aromatic N) is 2. The zero-order chi connectivity index (χ0) is 18.6. The second kappa shape index (κ2) is 7.94. The second-order valence-corrected chi connectivity index (χ2v) is 8.10. The van der Waals surface area contributed by atoms with Gasteiger partial charge in [-0.2, -0.15) is 0 Å². The molecule has 138 valence electrons. The van der Waals surface area contributed by atoms with E-state index in [4.69, 9.17) is 4.74 Å². The fourth-order valence-electron chi connectivity index (χ4n) is 2.39. The monoisotopic (exact) mass is 369 g/mol. The van der Waals surface area contributed by atoms with Crippen LogP contribution in [0.1, 0.15) is 17.3 Å². The van der Waals surface area contributed by atoms with Crippen LogP contribution in [0.2, 0.25) is 0 Å². The van der Waals surface area contributed by atoms with Gasteiger partial charge >= 0.3 is 0 Å². The summed E-state index contributed by atoms with van der Waals surface area (Å²) < 4.78 is 30.3. The molecule has 0 saturated carbocycles. The molecule has 9 heteroatoms. The number of rotatable bonds is 5. The molecule has 0 radical (unpaired) electrons. The number of carbonyl (C=O) groups is 2. The van der Waals surface area contributed by atoms with Gasteiger partial charge < -0.3 is 15.0 Å². The first-order valence-corrected chi connectivity index (χ1v) is 9.37. The Hall–Kier alpha value is -1.97. The standard InChI is InChI=1S/C16H23N3O5S/c1-12(16(21)19-8-10-24-11-9-19)17-15(20)13-4-6-14(7-5-13)25(22,23)18(2)3/h4-7,12H,8-11H2,1-3H3,(H,17,20)/t12-/m0/s1. The molecule has 1 heterocycles.